The third-order valence-electron chi connectivity index (χ3n) is 2.79. The van der Waals surface area contributed by atoms with Crippen molar-refractivity contribution in [2.45, 2.75) is 39.0 Å². The highest BCUT2D eigenvalue weighted by atomic mass is 14.2. The van der Waals surface area contributed by atoms with E-state index in [0.717, 1.165) is 5.92 Å². The van der Waals surface area contributed by atoms with Gasteiger partial charge in [0.15, 0.2) is 0 Å². The zero-order chi connectivity index (χ0) is 9.52. The SMILES string of the molecule is C=C/C(=C\C=C/C)C1CCCCC1. The Morgan fingerprint density at radius 3 is 2.46 bits per heavy atom. The molecule has 0 saturated heterocycles. The largest absolute Gasteiger partial charge is 0.0988 e. The minimum atomic E-state index is 0.780. The first-order valence-corrected chi connectivity index (χ1v) is 5.33. The van der Waals surface area contributed by atoms with Gasteiger partial charge >= 0.3 is 0 Å². The Balaban J connectivity index is 2.58. The Hall–Kier alpha value is -0.780. The van der Waals surface area contributed by atoms with Gasteiger partial charge in [0.2, 0.25) is 0 Å². The van der Waals surface area contributed by atoms with Gasteiger partial charge in [0.1, 0.15) is 0 Å². The van der Waals surface area contributed by atoms with E-state index in [1.165, 1.54) is 37.7 Å². The molecule has 1 fully saturated rings. The average molecular weight is 176 g/mol. The van der Waals surface area contributed by atoms with E-state index in [1.54, 1.807) is 0 Å². The topological polar surface area (TPSA) is 0 Å². The molecule has 0 N–H and O–H groups in total. The molecule has 0 heterocycles. The third kappa shape index (κ3) is 3.22. The number of rotatable bonds is 3. The lowest BCUT2D eigenvalue weighted by atomic mass is 9.83. The fourth-order valence-electron chi connectivity index (χ4n) is 2.01. The molecule has 1 aliphatic rings. The first-order valence-electron chi connectivity index (χ1n) is 5.33. The van der Waals surface area contributed by atoms with E-state index in [9.17, 15) is 0 Å². The van der Waals surface area contributed by atoms with Gasteiger partial charge in [-0.15, -0.1) is 0 Å². The van der Waals surface area contributed by atoms with Crippen LogP contribution in [-0.2, 0) is 0 Å². The van der Waals surface area contributed by atoms with Gasteiger partial charge in [-0.2, -0.15) is 0 Å². The third-order valence-corrected chi connectivity index (χ3v) is 2.79. The van der Waals surface area contributed by atoms with Crippen molar-refractivity contribution in [1.82, 2.24) is 0 Å². The van der Waals surface area contributed by atoms with Gasteiger partial charge in [-0.25, -0.2) is 0 Å². The summed E-state index contributed by atoms with van der Waals surface area (Å²) in [5, 5.41) is 0. The van der Waals surface area contributed by atoms with Crippen LogP contribution in [0.25, 0.3) is 0 Å². The van der Waals surface area contributed by atoms with Crippen LogP contribution in [0.5, 0.6) is 0 Å². The molecule has 72 valence electrons. The molecule has 0 aliphatic heterocycles. The lowest BCUT2D eigenvalue weighted by Gasteiger charge is -2.22. The van der Waals surface area contributed by atoms with Crippen molar-refractivity contribution in [3.05, 3.63) is 36.5 Å². The Kier molecular flexibility index (Phi) is 4.59. The first-order chi connectivity index (χ1) is 6.38. The van der Waals surface area contributed by atoms with Gasteiger partial charge in [-0.05, 0) is 31.3 Å². The molecule has 0 bridgehead atoms. The summed E-state index contributed by atoms with van der Waals surface area (Å²) in [4.78, 5) is 0. The Morgan fingerprint density at radius 1 is 1.23 bits per heavy atom. The summed E-state index contributed by atoms with van der Waals surface area (Å²) in [6.07, 6.45) is 15.4. The average Bonchev–Trinajstić information content (AvgIpc) is 2.21. The Morgan fingerprint density at radius 2 is 1.92 bits per heavy atom. The van der Waals surface area contributed by atoms with E-state index >= 15 is 0 Å². The molecule has 0 unspecified atom stereocenters. The second kappa shape index (κ2) is 5.80. The fourth-order valence-corrected chi connectivity index (χ4v) is 2.01. The quantitative estimate of drug-likeness (QED) is 0.564. The summed E-state index contributed by atoms with van der Waals surface area (Å²) >= 11 is 0. The predicted octanol–water partition coefficient (Wildman–Crippen LogP) is 4.26. The molecule has 13 heavy (non-hydrogen) atoms. The van der Waals surface area contributed by atoms with Crippen LogP contribution in [-0.4, -0.2) is 0 Å². The van der Waals surface area contributed by atoms with Gasteiger partial charge in [0.05, 0.1) is 0 Å². The second-order valence-electron chi connectivity index (χ2n) is 3.73. The molecule has 1 aliphatic carbocycles. The molecule has 1 rings (SSSR count). The van der Waals surface area contributed by atoms with Crippen molar-refractivity contribution in [3.63, 3.8) is 0 Å². The Bertz CT molecular complexity index is 202. The van der Waals surface area contributed by atoms with E-state index in [0.29, 0.717) is 0 Å². The van der Waals surface area contributed by atoms with Crippen molar-refractivity contribution in [2.24, 2.45) is 5.92 Å². The summed E-state index contributed by atoms with van der Waals surface area (Å²) < 4.78 is 0. The van der Waals surface area contributed by atoms with Crippen molar-refractivity contribution in [1.29, 1.82) is 0 Å². The maximum atomic E-state index is 3.89. The summed E-state index contributed by atoms with van der Waals surface area (Å²) in [6, 6.07) is 0. The maximum absolute atomic E-state index is 3.89. The van der Waals surface area contributed by atoms with Crippen LogP contribution < -0.4 is 0 Å². The summed E-state index contributed by atoms with van der Waals surface area (Å²) in [6.45, 7) is 5.94. The summed E-state index contributed by atoms with van der Waals surface area (Å²) in [5.41, 5.74) is 1.43. The van der Waals surface area contributed by atoms with Gasteiger partial charge < -0.3 is 0 Å². The van der Waals surface area contributed by atoms with Crippen LogP contribution in [0, 0.1) is 5.92 Å². The molecule has 0 heteroatoms. The van der Waals surface area contributed by atoms with Gasteiger partial charge in [-0.3, -0.25) is 0 Å². The van der Waals surface area contributed by atoms with Crippen molar-refractivity contribution < 1.29 is 0 Å². The molecule has 0 aromatic carbocycles. The monoisotopic (exact) mass is 176 g/mol. The molecule has 0 nitrogen and oxygen atoms in total. The number of hydrogen-bond donors (Lipinski definition) is 0. The highest BCUT2D eigenvalue weighted by molar-refractivity contribution is 5.24. The fraction of sp³-hybridized carbons (Fsp3) is 0.538. The minimum absolute atomic E-state index is 0.780. The van der Waals surface area contributed by atoms with E-state index in [4.69, 9.17) is 0 Å². The molecule has 0 amide bonds. The predicted molar refractivity (Wildman–Crippen MR) is 59.7 cm³/mol. The molecule has 0 spiro atoms. The van der Waals surface area contributed by atoms with Gasteiger partial charge in [0, 0.05) is 0 Å². The molecule has 0 aromatic rings. The molecular formula is C13H20. The van der Waals surface area contributed by atoms with Crippen LogP contribution in [0.15, 0.2) is 36.5 Å². The van der Waals surface area contributed by atoms with E-state index in [2.05, 4.69) is 31.7 Å². The van der Waals surface area contributed by atoms with Crippen molar-refractivity contribution >= 4 is 0 Å². The summed E-state index contributed by atoms with van der Waals surface area (Å²) in [7, 11) is 0. The molecule has 0 radical (unpaired) electrons. The lowest BCUT2D eigenvalue weighted by molar-refractivity contribution is 0.408. The number of hydrogen-bond acceptors (Lipinski definition) is 0. The summed E-state index contributed by atoms with van der Waals surface area (Å²) in [5.74, 6) is 0.780. The van der Waals surface area contributed by atoms with Crippen LogP contribution in [0.4, 0.5) is 0 Å². The number of allylic oxidation sites excluding steroid dienone is 5. The zero-order valence-electron chi connectivity index (χ0n) is 8.63. The van der Waals surface area contributed by atoms with Gasteiger partial charge in [-0.1, -0.05) is 50.1 Å². The highest BCUT2D eigenvalue weighted by Gasteiger charge is 2.14. The maximum Gasteiger partial charge on any atom is -0.0162 e. The van der Waals surface area contributed by atoms with E-state index in [-0.39, 0.29) is 0 Å². The highest BCUT2D eigenvalue weighted by Crippen LogP contribution is 2.30. The molecule has 1 saturated carbocycles. The smallest absolute Gasteiger partial charge is 0.0162 e. The second-order valence-corrected chi connectivity index (χ2v) is 3.73. The van der Waals surface area contributed by atoms with Crippen LogP contribution in [0.1, 0.15) is 39.0 Å². The van der Waals surface area contributed by atoms with Gasteiger partial charge in [0.25, 0.3) is 0 Å². The molecular weight excluding hydrogens is 156 g/mol. The van der Waals surface area contributed by atoms with Crippen molar-refractivity contribution in [2.75, 3.05) is 0 Å². The van der Waals surface area contributed by atoms with Crippen molar-refractivity contribution in [3.8, 4) is 0 Å². The van der Waals surface area contributed by atoms with Crippen LogP contribution >= 0.6 is 0 Å². The molecule has 0 aromatic heterocycles. The Labute approximate surface area is 82.0 Å². The molecule has 0 atom stereocenters. The van der Waals surface area contributed by atoms with E-state index < -0.39 is 0 Å². The minimum Gasteiger partial charge on any atom is -0.0988 e. The standard InChI is InChI=1S/C13H20/c1-3-5-9-12(4-2)13-10-7-6-8-11-13/h3-5,9,13H,2,6-8,10-11H2,1H3/b5-3-,12-9+. The zero-order valence-corrected chi connectivity index (χ0v) is 8.63. The lowest BCUT2D eigenvalue weighted by Crippen LogP contribution is -2.07. The van der Waals surface area contributed by atoms with Crippen LogP contribution in [0.3, 0.4) is 0 Å². The van der Waals surface area contributed by atoms with E-state index in [1.807, 2.05) is 6.08 Å². The first kappa shape index (κ1) is 10.3. The normalized spacial score (nSPS) is 20.8. The van der Waals surface area contributed by atoms with Crippen LogP contribution in [0.2, 0.25) is 0 Å².